The Balaban J connectivity index is 2.06. The van der Waals surface area contributed by atoms with Gasteiger partial charge in [-0.3, -0.25) is 0 Å². The van der Waals surface area contributed by atoms with Crippen molar-refractivity contribution in [3.05, 3.63) is 30.3 Å². The van der Waals surface area contributed by atoms with E-state index >= 15 is 0 Å². The lowest BCUT2D eigenvalue weighted by atomic mass is 10.0. The molecule has 1 heterocycles. The predicted octanol–water partition coefficient (Wildman–Crippen LogP) is 3.24. The second-order valence-corrected chi connectivity index (χ2v) is 5.51. The van der Waals surface area contributed by atoms with Gasteiger partial charge in [0, 0.05) is 0 Å². The first kappa shape index (κ1) is 13.4. The normalized spacial score (nSPS) is 24.2. The molecular weight excluding hydrogens is 228 g/mol. The zero-order valence-electron chi connectivity index (χ0n) is 11.6. The first-order valence-electron chi connectivity index (χ1n) is 6.51. The van der Waals surface area contributed by atoms with Crippen molar-refractivity contribution in [1.82, 2.24) is 0 Å². The van der Waals surface area contributed by atoms with Crippen LogP contribution in [0.1, 0.15) is 27.7 Å². The molecule has 18 heavy (non-hydrogen) atoms. The zero-order chi connectivity index (χ0) is 13.2. The van der Waals surface area contributed by atoms with Gasteiger partial charge >= 0.3 is 0 Å². The van der Waals surface area contributed by atoms with E-state index in [4.69, 9.17) is 14.2 Å². The maximum absolute atomic E-state index is 6.05. The molecule has 1 aromatic carbocycles. The Kier molecular flexibility index (Phi) is 3.93. The van der Waals surface area contributed by atoms with Crippen LogP contribution in [0.4, 0.5) is 0 Å². The van der Waals surface area contributed by atoms with Crippen molar-refractivity contribution >= 4 is 0 Å². The van der Waals surface area contributed by atoms with E-state index in [1.54, 1.807) is 0 Å². The fourth-order valence-electron chi connectivity index (χ4n) is 2.17. The summed E-state index contributed by atoms with van der Waals surface area (Å²) in [5.41, 5.74) is 0. The molecule has 1 saturated heterocycles. The summed E-state index contributed by atoms with van der Waals surface area (Å²) in [6, 6.07) is 9.87. The van der Waals surface area contributed by atoms with Crippen LogP contribution in [0.25, 0.3) is 0 Å². The van der Waals surface area contributed by atoms with Crippen LogP contribution >= 0.6 is 0 Å². The smallest absolute Gasteiger partial charge is 0.163 e. The Labute approximate surface area is 109 Å². The summed E-state index contributed by atoms with van der Waals surface area (Å²) in [6.07, 6.45) is -0.00520. The van der Waals surface area contributed by atoms with E-state index in [1.807, 2.05) is 44.2 Å². The van der Waals surface area contributed by atoms with Crippen molar-refractivity contribution in [2.24, 2.45) is 5.92 Å². The molecule has 100 valence electrons. The Bertz CT molecular complexity index is 373. The van der Waals surface area contributed by atoms with E-state index in [-0.39, 0.29) is 12.2 Å². The van der Waals surface area contributed by atoms with Crippen molar-refractivity contribution in [3.8, 4) is 5.75 Å². The predicted molar refractivity (Wildman–Crippen MR) is 70.6 cm³/mol. The molecule has 3 nitrogen and oxygen atoms in total. The van der Waals surface area contributed by atoms with Gasteiger partial charge in [-0.2, -0.15) is 0 Å². The fraction of sp³-hybridized carbons (Fsp3) is 0.600. The van der Waals surface area contributed by atoms with E-state index in [2.05, 4.69) is 13.8 Å². The molecule has 0 unspecified atom stereocenters. The minimum atomic E-state index is -0.502. The van der Waals surface area contributed by atoms with Crippen molar-refractivity contribution in [2.75, 3.05) is 6.61 Å². The number of ether oxygens (including phenoxy) is 3. The molecule has 0 N–H and O–H groups in total. The molecule has 1 aliphatic heterocycles. The van der Waals surface area contributed by atoms with Gasteiger partial charge in [0.2, 0.25) is 0 Å². The molecule has 0 aliphatic carbocycles. The second kappa shape index (κ2) is 5.29. The summed E-state index contributed by atoms with van der Waals surface area (Å²) in [4.78, 5) is 0. The van der Waals surface area contributed by atoms with Gasteiger partial charge < -0.3 is 14.2 Å². The summed E-state index contributed by atoms with van der Waals surface area (Å²) in [5.74, 6) is 0.745. The molecule has 2 rings (SSSR count). The molecule has 0 saturated carbocycles. The summed E-state index contributed by atoms with van der Waals surface area (Å²) < 4.78 is 17.6. The van der Waals surface area contributed by atoms with Gasteiger partial charge in [0.05, 0.1) is 6.61 Å². The van der Waals surface area contributed by atoms with Crippen LogP contribution in [-0.2, 0) is 9.47 Å². The standard InChI is InChI=1S/C15H22O3/c1-11(2)14(13-10-16-15(3,4)18-13)17-12-8-6-5-7-9-12/h5-9,11,13-14H,10H2,1-4H3/t13-,14+/m0/s1. The largest absolute Gasteiger partial charge is 0.487 e. The molecule has 0 bridgehead atoms. The Morgan fingerprint density at radius 1 is 1.22 bits per heavy atom. The van der Waals surface area contributed by atoms with Crippen LogP contribution in [-0.4, -0.2) is 24.6 Å². The van der Waals surface area contributed by atoms with E-state index in [9.17, 15) is 0 Å². The molecule has 2 atom stereocenters. The number of hydrogen-bond donors (Lipinski definition) is 0. The third-order valence-corrected chi connectivity index (χ3v) is 3.07. The van der Waals surface area contributed by atoms with Gasteiger partial charge in [-0.05, 0) is 31.9 Å². The van der Waals surface area contributed by atoms with Crippen LogP contribution in [0.2, 0.25) is 0 Å². The maximum Gasteiger partial charge on any atom is 0.163 e. The van der Waals surface area contributed by atoms with Gasteiger partial charge in [-0.15, -0.1) is 0 Å². The third-order valence-electron chi connectivity index (χ3n) is 3.07. The SMILES string of the molecule is CC(C)[C@@H](Oc1ccccc1)[C@@H]1COC(C)(C)O1. The molecule has 0 aromatic heterocycles. The Morgan fingerprint density at radius 3 is 2.39 bits per heavy atom. The van der Waals surface area contributed by atoms with Crippen LogP contribution in [0.15, 0.2) is 30.3 Å². The molecule has 1 aliphatic rings. The van der Waals surface area contributed by atoms with Gasteiger partial charge in [0.1, 0.15) is 18.0 Å². The summed E-state index contributed by atoms with van der Waals surface area (Å²) in [5, 5.41) is 0. The van der Waals surface area contributed by atoms with Gasteiger partial charge in [-0.1, -0.05) is 32.0 Å². The number of para-hydroxylation sites is 1. The first-order valence-corrected chi connectivity index (χ1v) is 6.51. The third kappa shape index (κ3) is 3.24. The van der Waals surface area contributed by atoms with E-state index in [0.717, 1.165) is 5.75 Å². The summed E-state index contributed by atoms with van der Waals surface area (Å²) >= 11 is 0. The lowest BCUT2D eigenvalue weighted by molar-refractivity contribution is -0.151. The molecule has 0 amide bonds. The van der Waals surface area contributed by atoms with Crippen LogP contribution in [0.5, 0.6) is 5.75 Å². The molecule has 3 heteroatoms. The highest BCUT2D eigenvalue weighted by atomic mass is 16.7. The van der Waals surface area contributed by atoms with Gasteiger partial charge in [0.15, 0.2) is 5.79 Å². The lowest BCUT2D eigenvalue weighted by Gasteiger charge is -2.28. The van der Waals surface area contributed by atoms with Crippen LogP contribution in [0.3, 0.4) is 0 Å². The molecular formula is C15H22O3. The van der Waals surface area contributed by atoms with Crippen molar-refractivity contribution < 1.29 is 14.2 Å². The monoisotopic (exact) mass is 250 g/mol. The van der Waals surface area contributed by atoms with Crippen molar-refractivity contribution in [3.63, 3.8) is 0 Å². The molecule has 1 aromatic rings. The average molecular weight is 250 g/mol. The number of benzene rings is 1. The maximum atomic E-state index is 6.05. The van der Waals surface area contributed by atoms with Crippen molar-refractivity contribution in [2.45, 2.75) is 45.7 Å². The van der Waals surface area contributed by atoms with Crippen molar-refractivity contribution in [1.29, 1.82) is 0 Å². The molecule has 0 radical (unpaired) electrons. The Hall–Kier alpha value is -1.06. The minimum Gasteiger partial charge on any atom is -0.487 e. The first-order chi connectivity index (χ1) is 8.48. The van der Waals surface area contributed by atoms with Crippen LogP contribution < -0.4 is 4.74 Å². The van der Waals surface area contributed by atoms with E-state index < -0.39 is 5.79 Å². The van der Waals surface area contributed by atoms with Gasteiger partial charge in [0.25, 0.3) is 0 Å². The van der Waals surface area contributed by atoms with E-state index in [0.29, 0.717) is 12.5 Å². The molecule has 0 spiro atoms. The van der Waals surface area contributed by atoms with Crippen LogP contribution in [0, 0.1) is 5.92 Å². The molecule has 1 fully saturated rings. The second-order valence-electron chi connectivity index (χ2n) is 5.51. The topological polar surface area (TPSA) is 27.7 Å². The van der Waals surface area contributed by atoms with Gasteiger partial charge in [-0.25, -0.2) is 0 Å². The lowest BCUT2D eigenvalue weighted by Crippen LogP contribution is -2.39. The zero-order valence-corrected chi connectivity index (χ0v) is 11.6. The average Bonchev–Trinajstić information content (AvgIpc) is 2.67. The number of rotatable bonds is 4. The highest BCUT2D eigenvalue weighted by Gasteiger charge is 2.39. The minimum absolute atomic E-state index is 0.00850. The number of hydrogen-bond acceptors (Lipinski definition) is 3. The summed E-state index contributed by atoms with van der Waals surface area (Å²) in [7, 11) is 0. The Morgan fingerprint density at radius 2 is 1.89 bits per heavy atom. The summed E-state index contributed by atoms with van der Waals surface area (Å²) in [6.45, 7) is 8.74. The highest BCUT2D eigenvalue weighted by molar-refractivity contribution is 5.21. The highest BCUT2D eigenvalue weighted by Crippen LogP contribution is 2.29. The van der Waals surface area contributed by atoms with E-state index in [1.165, 1.54) is 0 Å². The quantitative estimate of drug-likeness (QED) is 0.821. The fourth-order valence-corrected chi connectivity index (χ4v) is 2.17.